The molecule has 4 nitrogen and oxygen atoms in total. The minimum Gasteiger partial charge on any atom is -0.383 e. The summed E-state index contributed by atoms with van der Waals surface area (Å²) in [7, 11) is 0. The maximum Gasteiger partial charge on any atom is 0.170 e. The molecular formula is C8H8N4S2. The van der Waals surface area contributed by atoms with Crippen molar-refractivity contribution >= 4 is 29.1 Å². The van der Waals surface area contributed by atoms with E-state index in [1.165, 1.54) is 11.5 Å². The van der Waals surface area contributed by atoms with E-state index < -0.39 is 0 Å². The zero-order chi connectivity index (χ0) is 9.80. The molecule has 2 rings (SSSR count). The fraction of sp³-hybridized carbons (Fsp3) is 0.125. The standard InChI is InChI=1S/C8H8N4S2/c9-7-6(2-1-3-10-7)4-13-8-11-5-12-14-8/h1-3,5H,4H2,(H2,9,10). The molecule has 0 aliphatic carbocycles. The fourth-order valence-corrected chi connectivity index (χ4v) is 2.38. The minimum atomic E-state index is 0.588. The maximum atomic E-state index is 5.70. The lowest BCUT2D eigenvalue weighted by Crippen LogP contribution is -1.94. The van der Waals surface area contributed by atoms with E-state index in [1.54, 1.807) is 24.3 Å². The summed E-state index contributed by atoms with van der Waals surface area (Å²) in [6.07, 6.45) is 3.24. The lowest BCUT2D eigenvalue weighted by Gasteiger charge is -2.01. The smallest absolute Gasteiger partial charge is 0.170 e. The molecule has 0 spiro atoms. The Balaban J connectivity index is 2.02. The summed E-state index contributed by atoms with van der Waals surface area (Å²) in [5.41, 5.74) is 6.74. The first-order chi connectivity index (χ1) is 6.86. The number of hydrogen-bond donors (Lipinski definition) is 1. The van der Waals surface area contributed by atoms with Crippen molar-refractivity contribution in [3.63, 3.8) is 0 Å². The second-order valence-corrected chi connectivity index (χ2v) is 4.55. The van der Waals surface area contributed by atoms with Crippen LogP contribution in [0.2, 0.25) is 0 Å². The van der Waals surface area contributed by atoms with Crippen LogP contribution in [0.3, 0.4) is 0 Å². The van der Waals surface area contributed by atoms with Gasteiger partial charge in [-0.2, -0.15) is 4.37 Å². The number of nitrogens with zero attached hydrogens (tertiary/aromatic N) is 3. The van der Waals surface area contributed by atoms with Crippen LogP contribution in [0.4, 0.5) is 5.82 Å². The van der Waals surface area contributed by atoms with Crippen LogP contribution in [-0.4, -0.2) is 14.3 Å². The Morgan fingerprint density at radius 3 is 3.07 bits per heavy atom. The second kappa shape index (κ2) is 4.39. The second-order valence-electron chi connectivity index (χ2n) is 2.54. The molecule has 0 unspecified atom stereocenters. The molecule has 0 aliphatic rings. The zero-order valence-electron chi connectivity index (χ0n) is 7.25. The van der Waals surface area contributed by atoms with E-state index in [0.29, 0.717) is 5.82 Å². The topological polar surface area (TPSA) is 64.7 Å². The highest BCUT2D eigenvalue weighted by Crippen LogP contribution is 2.24. The number of aromatic nitrogens is 3. The van der Waals surface area contributed by atoms with E-state index in [-0.39, 0.29) is 0 Å². The van der Waals surface area contributed by atoms with Crippen molar-refractivity contribution in [1.29, 1.82) is 0 Å². The third-order valence-electron chi connectivity index (χ3n) is 1.62. The van der Waals surface area contributed by atoms with E-state index in [0.717, 1.165) is 15.7 Å². The number of rotatable bonds is 3. The molecule has 0 radical (unpaired) electrons. The van der Waals surface area contributed by atoms with Gasteiger partial charge in [-0.1, -0.05) is 17.8 Å². The van der Waals surface area contributed by atoms with Gasteiger partial charge in [0.05, 0.1) is 0 Å². The third kappa shape index (κ3) is 2.21. The van der Waals surface area contributed by atoms with Gasteiger partial charge < -0.3 is 5.73 Å². The van der Waals surface area contributed by atoms with Crippen LogP contribution in [0.25, 0.3) is 0 Å². The minimum absolute atomic E-state index is 0.588. The highest BCUT2D eigenvalue weighted by Gasteiger charge is 2.02. The molecule has 2 heterocycles. The zero-order valence-corrected chi connectivity index (χ0v) is 8.88. The van der Waals surface area contributed by atoms with Crippen LogP contribution in [-0.2, 0) is 5.75 Å². The maximum absolute atomic E-state index is 5.70. The number of thioether (sulfide) groups is 1. The Labute approximate surface area is 89.8 Å². The molecular weight excluding hydrogens is 216 g/mol. The first kappa shape index (κ1) is 9.42. The molecule has 2 aromatic rings. The molecule has 2 aromatic heterocycles. The third-order valence-corrected chi connectivity index (χ3v) is 3.46. The van der Waals surface area contributed by atoms with Gasteiger partial charge in [-0.25, -0.2) is 9.97 Å². The number of anilines is 1. The average molecular weight is 224 g/mol. The van der Waals surface area contributed by atoms with Crippen molar-refractivity contribution in [2.75, 3.05) is 5.73 Å². The molecule has 6 heteroatoms. The number of nitrogens with two attached hydrogens (primary N) is 1. The monoisotopic (exact) mass is 224 g/mol. The summed E-state index contributed by atoms with van der Waals surface area (Å²) in [5, 5.41) is 0. The van der Waals surface area contributed by atoms with Crippen LogP contribution >= 0.6 is 23.3 Å². The molecule has 72 valence electrons. The van der Waals surface area contributed by atoms with Crippen molar-refractivity contribution in [3.8, 4) is 0 Å². The molecule has 0 saturated carbocycles. The Morgan fingerprint density at radius 1 is 1.43 bits per heavy atom. The molecule has 0 aliphatic heterocycles. The molecule has 0 aromatic carbocycles. The molecule has 0 atom stereocenters. The predicted molar refractivity (Wildman–Crippen MR) is 58.1 cm³/mol. The summed E-state index contributed by atoms with van der Waals surface area (Å²) in [4.78, 5) is 8.08. The summed E-state index contributed by atoms with van der Waals surface area (Å²) < 4.78 is 4.87. The quantitative estimate of drug-likeness (QED) is 0.805. The first-order valence-corrected chi connectivity index (χ1v) is 5.71. The van der Waals surface area contributed by atoms with Crippen molar-refractivity contribution in [2.45, 2.75) is 10.1 Å². The van der Waals surface area contributed by atoms with E-state index in [9.17, 15) is 0 Å². The lowest BCUT2D eigenvalue weighted by atomic mass is 10.3. The first-order valence-electron chi connectivity index (χ1n) is 3.95. The van der Waals surface area contributed by atoms with E-state index >= 15 is 0 Å². The van der Waals surface area contributed by atoms with Gasteiger partial charge in [0.25, 0.3) is 0 Å². The van der Waals surface area contributed by atoms with Gasteiger partial charge in [-0.15, -0.1) is 0 Å². The number of nitrogen functional groups attached to an aromatic ring is 1. The summed E-state index contributed by atoms with van der Waals surface area (Å²) in [6.45, 7) is 0. The van der Waals surface area contributed by atoms with Gasteiger partial charge >= 0.3 is 0 Å². The molecule has 0 amide bonds. The van der Waals surface area contributed by atoms with Gasteiger partial charge in [-0.3, -0.25) is 0 Å². The van der Waals surface area contributed by atoms with Crippen LogP contribution in [0, 0.1) is 0 Å². The van der Waals surface area contributed by atoms with Crippen molar-refractivity contribution in [1.82, 2.24) is 14.3 Å². The van der Waals surface area contributed by atoms with Crippen molar-refractivity contribution in [3.05, 3.63) is 30.2 Å². The van der Waals surface area contributed by atoms with Crippen LogP contribution < -0.4 is 5.73 Å². The van der Waals surface area contributed by atoms with Gasteiger partial charge in [0.2, 0.25) is 0 Å². The highest BCUT2D eigenvalue weighted by atomic mass is 32.2. The molecule has 2 N–H and O–H groups in total. The molecule has 0 bridgehead atoms. The van der Waals surface area contributed by atoms with E-state index in [1.807, 2.05) is 12.1 Å². The fourth-order valence-electron chi connectivity index (χ4n) is 0.939. The van der Waals surface area contributed by atoms with Gasteiger partial charge in [0.15, 0.2) is 4.34 Å². The van der Waals surface area contributed by atoms with E-state index in [2.05, 4.69) is 14.3 Å². The number of hydrogen-bond acceptors (Lipinski definition) is 6. The molecule has 0 fully saturated rings. The van der Waals surface area contributed by atoms with Gasteiger partial charge in [0.1, 0.15) is 12.1 Å². The van der Waals surface area contributed by atoms with Crippen molar-refractivity contribution < 1.29 is 0 Å². The summed E-state index contributed by atoms with van der Waals surface area (Å²) >= 11 is 3.01. The van der Waals surface area contributed by atoms with Crippen LogP contribution in [0.5, 0.6) is 0 Å². The van der Waals surface area contributed by atoms with E-state index in [4.69, 9.17) is 5.73 Å². The number of pyridine rings is 1. The Bertz CT molecular complexity index is 401. The van der Waals surface area contributed by atoms with Gasteiger partial charge in [-0.05, 0) is 17.6 Å². The van der Waals surface area contributed by atoms with Crippen LogP contribution in [0.15, 0.2) is 29.0 Å². The SMILES string of the molecule is Nc1ncccc1CSc1ncns1. The average Bonchev–Trinajstić information content (AvgIpc) is 2.69. The largest absolute Gasteiger partial charge is 0.383 e. The Hall–Kier alpha value is -1.14. The van der Waals surface area contributed by atoms with Crippen LogP contribution in [0.1, 0.15) is 5.56 Å². The normalized spacial score (nSPS) is 10.3. The Morgan fingerprint density at radius 2 is 2.36 bits per heavy atom. The summed E-state index contributed by atoms with van der Waals surface area (Å²) in [6, 6.07) is 3.85. The summed E-state index contributed by atoms with van der Waals surface area (Å²) in [5.74, 6) is 1.37. The molecule has 14 heavy (non-hydrogen) atoms. The van der Waals surface area contributed by atoms with Gasteiger partial charge in [0, 0.05) is 17.5 Å². The molecule has 0 saturated heterocycles. The predicted octanol–water partition coefficient (Wildman–Crippen LogP) is 1.81. The highest BCUT2D eigenvalue weighted by molar-refractivity contribution is 8.00. The lowest BCUT2D eigenvalue weighted by molar-refractivity contribution is 1.20. The van der Waals surface area contributed by atoms with Crippen molar-refractivity contribution in [2.24, 2.45) is 0 Å². The Kier molecular flexibility index (Phi) is 2.95.